The smallest absolute Gasteiger partial charge is 0.323 e. The summed E-state index contributed by atoms with van der Waals surface area (Å²) in [6.07, 6.45) is 0.906. The van der Waals surface area contributed by atoms with Gasteiger partial charge in [-0.15, -0.1) is 0 Å². The molecule has 1 heterocycles. The van der Waals surface area contributed by atoms with E-state index in [1.54, 1.807) is 0 Å². The van der Waals surface area contributed by atoms with Crippen LogP contribution in [0.1, 0.15) is 26.7 Å². The quantitative estimate of drug-likeness (QED) is 0.731. The monoisotopic (exact) mass is 278 g/mol. The Labute approximate surface area is 108 Å². The van der Waals surface area contributed by atoms with Gasteiger partial charge < -0.3 is 10.8 Å². The van der Waals surface area contributed by atoms with Crippen molar-refractivity contribution < 1.29 is 18.3 Å². The number of carboxylic acid groups (broad SMARTS) is 1. The maximum absolute atomic E-state index is 11.5. The summed E-state index contributed by atoms with van der Waals surface area (Å²) in [5.41, 5.74) is 4.44. The van der Waals surface area contributed by atoms with Gasteiger partial charge in [-0.3, -0.25) is 9.69 Å². The second kappa shape index (κ2) is 5.54. The highest BCUT2D eigenvalue weighted by molar-refractivity contribution is 7.91. The Bertz CT molecular complexity index is 405. The Morgan fingerprint density at radius 2 is 2.06 bits per heavy atom. The van der Waals surface area contributed by atoms with Crippen molar-refractivity contribution in [3.8, 4) is 0 Å². The average Bonchev–Trinajstić information content (AvgIpc) is 2.38. The molecular formula is C11H22N2O4S. The minimum absolute atomic E-state index is 0.0376. The summed E-state index contributed by atoms with van der Waals surface area (Å²) in [5.74, 6) is -0.669. The molecule has 3 N–H and O–H groups in total. The molecule has 106 valence electrons. The van der Waals surface area contributed by atoms with E-state index in [-0.39, 0.29) is 17.5 Å². The number of aliphatic carboxylic acids is 1. The first-order chi connectivity index (χ1) is 8.14. The molecule has 0 radical (unpaired) electrons. The topological polar surface area (TPSA) is 101 Å². The van der Waals surface area contributed by atoms with Crippen LogP contribution in [-0.2, 0) is 14.6 Å². The number of hydrogen-bond acceptors (Lipinski definition) is 5. The highest BCUT2D eigenvalue weighted by Crippen LogP contribution is 2.16. The van der Waals surface area contributed by atoms with Gasteiger partial charge in [0, 0.05) is 12.6 Å². The molecule has 0 spiro atoms. The van der Waals surface area contributed by atoms with Gasteiger partial charge in [-0.2, -0.15) is 0 Å². The van der Waals surface area contributed by atoms with Crippen LogP contribution in [0.2, 0.25) is 0 Å². The fraction of sp³-hybridized carbons (Fsp3) is 0.909. The van der Waals surface area contributed by atoms with Crippen molar-refractivity contribution in [1.29, 1.82) is 0 Å². The van der Waals surface area contributed by atoms with Crippen LogP contribution in [0.5, 0.6) is 0 Å². The molecule has 2 atom stereocenters. The van der Waals surface area contributed by atoms with Crippen LogP contribution in [0.3, 0.4) is 0 Å². The third-order valence-corrected chi connectivity index (χ3v) is 5.14. The molecule has 2 unspecified atom stereocenters. The first kappa shape index (κ1) is 15.4. The van der Waals surface area contributed by atoms with Crippen LogP contribution in [0, 0.1) is 0 Å². The van der Waals surface area contributed by atoms with E-state index >= 15 is 0 Å². The van der Waals surface area contributed by atoms with Crippen molar-refractivity contribution in [2.75, 3.05) is 24.6 Å². The molecular weight excluding hydrogens is 256 g/mol. The molecule has 0 aromatic carbocycles. The summed E-state index contributed by atoms with van der Waals surface area (Å²) in [5, 5.41) is 8.99. The molecule has 1 saturated heterocycles. The van der Waals surface area contributed by atoms with Crippen molar-refractivity contribution in [2.45, 2.75) is 38.3 Å². The minimum Gasteiger partial charge on any atom is -0.480 e. The van der Waals surface area contributed by atoms with Gasteiger partial charge in [-0.25, -0.2) is 8.42 Å². The van der Waals surface area contributed by atoms with E-state index in [0.717, 1.165) is 0 Å². The van der Waals surface area contributed by atoms with E-state index in [1.807, 2.05) is 11.8 Å². The molecule has 1 fully saturated rings. The van der Waals surface area contributed by atoms with Gasteiger partial charge in [0.2, 0.25) is 0 Å². The molecule has 0 aromatic heterocycles. The third kappa shape index (κ3) is 4.22. The SMILES string of the molecule is CC(CC(C)(N)C(=O)O)N1CCCS(=O)(=O)CC1. The van der Waals surface area contributed by atoms with E-state index in [0.29, 0.717) is 25.9 Å². The number of carboxylic acids is 1. The fourth-order valence-electron chi connectivity index (χ4n) is 2.23. The molecule has 1 rings (SSSR count). The van der Waals surface area contributed by atoms with Crippen LogP contribution >= 0.6 is 0 Å². The normalized spacial score (nSPS) is 25.9. The lowest BCUT2D eigenvalue weighted by Gasteiger charge is -2.31. The molecule has 0 aromatic rings. The second-order valence-electron chi connectivity index (χ2n) is 5.32. The molecule has 6 nitrogen and oxygen atoms in total. The first-order valence-electron chi connectivity index (χ1n) is 6.11. The van der Waals surface area contributed by atoms with Gasteiger partial charge in [-0.05, 0) is 33.2 Å². The molecule has 0 saturated carbocycles. The molecule has 1 aliphatic rings. The van der Waals surface area contributed by atoms with Crippen molar-refractivity contribution in [3.05, 3.63) is 0 Å². The summed E-state index contributed by atoms with van der Waals surface area (Å²) in [4.78, 5) is 13.0. The minimum atomic E-state index is -2.93. The third-order valence-electron chi connectivity index (χ3n) is 3.42. The Kier molecular flexibility index (Phi) is 4.74. The Balaban J connectivity index is 2.62. The van der Waals surface area contributed by atoms with Crippen LogP contribution in [0.15, 0.2) is 0 Å². The lowest BCUT2D eigenvalue weighted by molar-refractivity contribution is -0.143. The first-order valence-corrected chi connectivity index (χ1v) is 7.93. The number of nitrogens with zero attached hydrogens (tertiary/aromatic N) is 1. The molecule has 7 heteroatoms. The fourth-order valence-corrected chi connectivity index (χ4v) is 3.51. The summed E-state index contributed by atoms with van der Waals surface area (Å²) in [6, 6.07) is -0.0376. The van der Waals surface area contributed by atoms with Crippen molar-refractivity contribution in [2.24, 2.45) is 5.73 Å². The molecule has 18 heavy (non-hydrogen) atoms. The highest BCUT2D eigenvalue weighted by Gasteiger charge is 2.32. The van der Waals surface area contributed by atoms with Crippen LogP contribution in [0.4, 0.5) is 0 Å². The highest BCUT2D eigenvalue weighted by atomic mass is 32.2. The Morgan fingerprint density at radius 3 is 2.61 bits per heavy atom. The Hall–Kier alpha value is -0.660. The van der Waals surface area contributed by atoms with Gasteiger partial charge >= 0.3 is 5.97 Å². The number of sulfone groups is 1. The lowest BCUT2D eigenvalue weighted by atomic mass is 9.94. The van der Waals surface area contributed by atoms with E-state index in [2.05, 4.69) is 0 Å². The van der Waals surface area contributed by atoms with E-state index in [4.69, 9.17) is 10.8 Å². The van der Waals surface area contributed by atoms with Crippen molar-refractivity contribution in [3.63, 3.8) is 0 Å². The average molecular weight is 278 g/mol. The van der Waals surface area contributed by atoms with Crippen molar-refractivity contribution >= 4 is 15.8 Å². The lowest BCUT2D eigenvalue weighted by Crippen LogP contribution is -2.50. The predicted molar refractivity (Wildman–Crippen MR) is 69.2 cm³/mol. The number of nitrogens with two attached hydrogens (primary N) is 1. The zero-order valence-electron chi connectivity index (χ0n) is 10.9. The van der Waals surface area contributed by atoms with E-state index in [1.165, 1.54) is 6.92 Å². The largest absolute Gasteiger partial charge is 0.480 e. The number of hydrogen-bond donors (Lipinski definition) is 2. The molecule has 0 aliphatic carbocycles. The van der Waals surface area contributed by atoms with Gasteiger partial charge in [-0.1, -0.05) is 0 Å². The second-order valence-corrected chi connectivity index (χ2v) is 7.62. The maximum atomic E-state index is 11.5. The zero-order valence-corrected chi connectivity index (χ0v) is 11.7. The summed E-state index contributed by atoms with van der Waals surface area (Å²) in [7, 11) is -2.93. The van der Waals surface area contributed by atoms with Gasteiger partial charge in [0.15, 0.2) is 9.84 Å². The zero-order chi connectivity index (χ0) is 14.0. The summed E-state index contributed by atoms with van der Waals surface area (Å²) in [6.45, 7) is 4.52. The summed E-state index contributed by atoms with van der Waals surface area (Å²) >= 11 is 0. The van der Waals surface area contributed by atoms with E-state index < -0.39 is 21.3 Å². The van der Waals surface area contributed by atoms with Crippen LogP contribution < -0.4 is 5.73 Å². The summed E-state index contributed by atoms with van der Waals surface area (Å²) < 4.78 is 23.0. The van der Waals surface area contributed by atoms with E-state index in [9.17, 15) is 13.2 Å². The molecule has 0 amide bonds. The molecule has 1 aliphatic heterocycles. The van der Waals surface area contributed by atoms with Crippen LogP contribution in [0.25, 0.3) is 0 Å². The van der Waals surface area contributed by atoms with Crippen LogP contribution in [-0.4, -0.2) is 60.6 Å². The Morgan fingerprint density at radius 1 is 1.44 bits per heavy atom. The van der Waals surface area contributed by atoms with Gasteiger partial charge in [0.05, 0.1) is 11.5 Å². The van der Waals surface area contributed by atoms with Gasteiger partial charge in [0.1, 0.15) is 5.54 Å². The predicted octanol–water partition coefficient (Wildman–Crippen LogP) is -0.312. The van der Waals surface area contributed by atoms with Crippen molar-refractivity contribution in [1.82, 2.24) is 4.90 Å². The standard InChI is InChI=1S/C11H22N2O4S/c1-9(8-11(2,12)10(14)15)13-4-3-6-18(16,17)7-5-13/h9H,3-8,12H2,1-2H3,(H,14,15). The number of rotatable bonds is 4. The van der Waals surface area contributed by atoms with Gasteiger partial charge in [0.25, 0.3) is 0 Å². The maximum Gasteiger partial charge on any atom is 0.323 e. The number of carbonyl (C=O) groups is 1. The molecule has 0 bridgehead atoms.